The maximum Gasteiger partial charge on any atom is 0.252 e. The van der Waals surface area contributed by atoms with Crippen molar-refractivity contribution in [3.05, 3.63) is 60.3 Å². The van der Waals surface area contributed by atoms with Crippen LogP contribution in [0.5, 0.6) is 0 Å². The maximum absolute atomic E-state index is 12.9. The summed E-state index contributed by atoms with van der Waals surface area (Å²) in [6, 6.07) is 15.2. The molecule has 27 heavy (non-hydrogen) atoms. The first-order valence-corrected chi connectivity index (χ1v) is 9.21. The van der Waals surface area contributed by atoms with E-state index in [0.29, 0.717) is 17.8 Å². The fourth-order valence-corrected chi connectivity index (χ4v) is 3.26. The van der Waals surface area contributed by atoms with Crippen LogP contribution in [0, 0.1) is 0 Å². The van der Waals surface area contributed by atoms with Crippen LogP contribution in [0.2, 0.25) is 0 Å². The third-order valence-electron chi connectivity index (χ3n) is 4.71. The summed E-state index contributed by atoms with van der Waals surface area (Å²) in [7, 11) is 0. The van der Waals surface area contributed by atoms with E-state index in [2.05, 4.69) is 20.2 Å². The van der Waals surface area contributed by atoms with E-state index in [4.69, 9.17) is 4.74 Å². The Morgan fingerprint density at radius 3 is 2.70 bits per heavy atom. The number of carbonyl (C=O) groups is 1. The molecule has 1 fully saturated rings. The number of pyridine rings is 2. The smallest absolute Gasteiger partial charge is 0.252 e. The molecule has 1 amide bonds. The predicted octanol–water partition coefficient (Wildman–Crippen LogP) is 2.36. The molecule has 0 unspecified atom stereocenters. The number of rotatable bonds is 5. The van der Waals surface area contributed by atoms with Crippen LogP contribution < -0.4 is 5.32 Å². The number of hydrogen-bond acceptors (Lipinski definition) is 5. The van der Waals surface area contributed by atoms with E-state index in [9.17, 15) is 4.79 Å². The van der Waals surface area contributed by atoms with Crippen molar-refractivity contribution in [1.82, 2.24) is 20.2 Å². The van der Waals surface area contributed by atoms with Gasteiger partial charge in [0.1, 0.15) is 0 Å². The van der Waals surface area contributed by atoms with Gasteiger partial charge in [0.25, 0.3) is 5.91 Å². The Hall–Kier alpha value is -2.83. The summed E-state index contributed by atoms with van der Waals surface area (Å²) in [5, 5.41) is 3.90. The highest BCUT2D eigenvalue weighted by molar-refractivity contribution is 6.07. The van der Waals surface area contributed by atoms with E-state index in [1.54, 1.807) is 6.20 Å². The molecule has 3 aromatic rings. The summed E-state index contributed by atoms with van der Waals surface area (Å²) in [5.74, 6) is -0.0842. The first-order chi connectivity index (χ1) is 13.3. The minimum absolute atomic E-state index is 0.0842. The van der Waals surface area contributed by atoms with E-state index in [0.717, 1.165) is 49.4 Å². The lowest BCUT2D eigenvalue weighted by molar-refractivity contribution is 0.0383. The summed E-state index contributed by atoms with van der Waals surface area (Å²) in [5.41, 5.74) is 2.88. The van der Waals surface area contributed by atoms with Crippen molar-refractivity contribution in [3.63, 3.8) is 0 Å². The van der Waals surface area contributed by atoms with Crippen molar-refractivity contribution in [1.29, 1.82) is 0 Å². The van der Waals surface area contributed by atoms with Gasteiger partial charge in [0.15, 0.2) is 0 Å². The average Bonchev–Trinajstić information content (AvgIpc) is 2.74. The van der Waals surface area contributed by atoms with Crippen molar-refractivity contribution in [2.24, 2.45) is 0 Å². The van der Waals surface area contributed by atoms with Crippen molar-refractivity contribution in [3.8, 4) is 11.4 Å². The van der Waals surface area contributed by atoms with Gasteiger partial charge in [-0.05, 0) is 24.3 Å². The largest absolute Gasteiger partial charge is 0.379 e. The predicted molar refractivity (Wildman–Crippen MR) is 105 cm³/mol. The molecule has 2 aromatic heterocycles. The number of fused-ring (bicyclic) bond motifs is 1. The first-order valence-electron chi connectivity index (χ1n) is 9.21. The summed E-state index contributed by atoms with van der Waals surface area (Å²) in [6.45, 7) is 4.78. The summed E-state index contributed by atoms with van der Waals surface area (Å²) < 4.78 is 5.36. The van der Waals surface area contributed by atoms with E-state index in [1.165, 1.54) is 0 Å². The molecule has 0 spiro atoms. The Balaban J connectivity index is 1.56. The number of morpholine rings is 1. The van der Waals surface area contributed by atoms with Gasteiger partial charge < -0.3 is 10.1 Å². The van der Waals surface area contributed by atoms with E-state index >= 15 is 0 Å². The van der Waals surface area contributed by atoms with Gasteiger partial charge in [0.05, 0.1) is 35.7 Å². The van der Waals surface area contributed by atoms with Gasteiger partial charge in [-0.25, -0.2) is 4.98 Å². The highest BCUT2D eigenvalue weighted by Gasteiger charge is 2.15. The summed E-state index contributed by atoms with van der Waals surface area (Å²) >= 11 is 0. The number of ether oxygens (including phenoxy) is 1. The molecule has 1 aromatic carbocycles. The lowest BCUT2D eigenvalue weighted by Crippen LogP contribution is -2.41. The molecule has 0 radical (unpaired) electrons. The van der Waals surface area contributed by atoms with Gasteiger partial charge in [0.2, 0.25) is 0 Å². The molecule has 1 aliphatic rings. The summed E-state index contributed by atoms with van der Waals surface area (Å²) in [4.78, 5) is 24.2. The zero-order chi connectivity index (χ0) is 18.5. The Morgan fingerprint density at radius 1 is 1.07 bits per heavy atom. The minimum atomic E-state index is -0.0842. The van der Waals surface area contributed by atoms with Gasteiger partial charge >= 0.3 is 0 Å². The molecule has 4 rings (SSSR count). The number of carbonyl (C=O) groups excluding carboxylic acids is 1. The third kappa shape index (κ3) is 4.13. The van der Waals surface area contributed by atoms with E-state index in [1.807, 2.05) is 48.5 Å². The summed E-state index contributed by atoms with van der Waals surface area (Å²) in [6.07, 6.45) is 1.73. The van der Waals surface area contributed by atoms with Crippen LogP contribution in [0.15, 0.2) is 54.7 Å². The van der Waals surface area contributed by atoms with Gasteiger partial charge in [-0.2, -0.15) is 0 Å². The van der Waals surface area contributed by atoms with Crippen molar-refractivity contribution in [2.45, 2.75) is 0 Å². The molecule has 0 atom stereocenters. The van der Waals surface area contributed by atoms with Crippen molar-refractivity contribution < 1.29 is 9.53 Å². The fraction of sp³-hybridized carbons (Fsp3) is 0.286. The number of nitrogens with zero attached hydrogens (tertiary/aromatic N) is 3. The molecule has 6 nitrogen and oxygen atoms in total. The number of amides is 1. The van der Waals surface area contributed by atoms with Crippen LogP contribution in [0.4, 0.5) is 0 Å². The zero-order valence-electron chi connectivity index (χ0n) is 15.1. The third-order valence-corrected chi connectivity index (χ3v) is 4.71. The average molecular weight is 362 g/mol. The molecule has 1 aliphatic heterocycles. The van der Waals surface area contributed by atoms with Gasteiger partial charge in [-0.1, -0.05) is 24.3 Å². The van der Waals surface area contributed by atoms with Crippen LogP contribution in [0.25, 0.3) is 22.3 Å². The van der Waals surface area contributed by atoms with Crippen molar-refractivity contribution in [2.75, 3.05) is 39.4 Å². The Bertz CT molecular complexity index is 924. The monoisotopic (exact) mass is 362 g/mol. The molecule has 0 bridgehead atoms. The van der Waals surface area contributed by atoms with Crippen LogP contribution in [-0.4, -0.2) is 60.2 Å². The maximum atomic E-state index is 12.9. The molecule has 1 N–H and O–H groups in total. The van der Waals surface area contributed by atoms with E-state index in [-0.39, 0.29) is 5.91 Å². The molecule has 3 heterocycles. The minimum Gasteiger partial charge on any atom is -0.379 e. The quantitative estimate of drug-likeness (QED) is 0.755. The zero-order valence-corrected chi connectivity index (χ0v) is 15.1. The normalized spacial score (nSPS) is 15.0. The highest BCUT2D eigenvalue weighted by Crippen LogP contribution is 2.23. The highest BCUT2D eigenvalue weighted by atomic mass is 16.5. The second-order valence-electron chi connectivity index (χ2n) is 6.50. The SMILES string of the molecule is O=C(NCCN1CCOCC1)c1cc(-c2ccccn2)nc2ccccc12. The molecular weight excluding hydrogens is 340 g/mol. The lowest BCUT2D eigenvalue weighted by atomic mass is 10.1. The number of para-hydroxylation sites is 1. The Morgan fingerprint density at radius 2 is 1.89 bits per heavy atom. The standard InChI is InChI=1S/C21H22N4O2/c26-21(23-9-10-25-11-13-27-14-12-25)17-15-20(19-7-3-4-8-22-19)24-18-6-2-1-5-16(17)18/h1-8,15H,9-14H2,(H,23,26). The molecule has 6 heteroatoms. The molecular formula is C21H22N4O2. The molecule has 0 aliphatic carbocycles. The lowest BCUT2D eigenvalue weighted by Gasteiger charge is -2.26. The van der Waals surface area contributed by atoms with Crippen LogP contribution in [-0.2, 0) is 4.74 Å². The Labute approximate surface area is 158 Å². The van der Waals surface area contributed by atoms with Gasteiger partial charge in [0, 0.05) is 37.8 Å². The second kappa shape index (κ2) is 8.24. The Kier molecular flexibility index (Phi) is 5.37. The fourth-order valence-electron chi connectivity index (χ4n) is 3.26. The molecule has 1 saturated heterocycles. The number of benzene rings is 1. The van der Waals surface area contributed by atoms with Gasteiger partial charge in [-0.15, -0.1) is 0 Å². The van der Waals surface area contributed by atoms with Gasteiger partial charge in [-0.3, -0.25) is 14.7 Å². The molecule has 0 saturated carbocycles. The number of hydrogen-bond donors (Lipinski definition) is 1. The number of nitrogens with one attached hydrogen (secondary N) is 1. The van der Waals surface area contributed by atoms with E-state index < -0.39 is 0 Å². The second-order valence-corrected chi connectivity index (χ2v) is 6.50. The van der Waals surface area contributed by atoms with Crippen LogP contribution >= 0.6 is 0 Å². The van der Waals surface area contributed by atoms with Crippen molar-refractivity contribution >= 4 is 16.8 Å². The topological polar surface area (TPSA) is 67.4 Å². The number of aromatic nitrogens is 2. The van der Waals surface area contributed by atoms with Crippen LogP contribution in [0.3, 0.4) is 0 Å². The first kappa shape index (κ1) is 17.6. The van der Waals surface area contributed by atoms with Crippen LogP contribution in [0.1, 0.15) is 10.4 Å². The molecule has 138 valence electrons.